The van der Waals surface area contributed by atoms with E-state index in [1.165, 1.54) is 143 Å². The van der Waals surface area contributed by atoms with Crippen LogP contribution >= 0.6 is 0 Å². The van der Waals surface area contributed by atoms with E-state index in [4.69, 9.17) is 0 Å². The second-order valence-corrected chi connectivity index (χ2v) is 21.0. The Morgan fingerprint density at radius 3 is 1.18 bits per heavy atom. The Balaban J connectivity index is 0.000000609. The highest BCUT2D eigenvalue weighted by Crippen LogP contribution is 2.42. The molecule has 1 aliphatic carbocycles. The average molecular weight is 1020 g/mol. The second kappa shape index (κ2) is 23.1. The number of benzene rings is 12. The molecule has 382 valence electrons. The van der Waals surface area contributed by atoms with Gasteiger partial charge in [-0.1, -0.05) is 264 Å². The molecule has 0 heteroatoms. The Hall–Kier alpha value is -9.36. The minimum Gasteiger partial charge on any atom is -0.0991 e. The van der Waals surface area contributed by atoms with Gasteiger partial charge in [-0.3, -0.25) is 0 Å². The normalized spacial score (nSPS) is 12.0. The molecule has 0 unspecified atom stereocenters. The zero-order valence-corrected chi connectivity index (χ0v) is 45.9. The Morgan fingerprint density at radius 1 is 0.367 bits per heavy atom. The number of fused-ring (bicyclic) bond motifs is 12. The van der Waals surface area contributed by atoms with Crippen molar-refractivity contribution < 1.29 is 0 Å². The highest BCUT2D eigenvalue weighted by Gasteiger charge is 2.17. The van der Waals surface area contributed by atoms with Gasteiger partial charge in [0.2, 0.25) is 0 Å². The second-order valence-electron chi connectivity index (χ2n) is 21.0. The van der Waals surface area contributed by atoms with E-state index >= 15 is 0 Å². The van der Waals surface area contributed by atoms with E-state index in [2.05, 4.69) is 270 Å². The molecule has 0 radical (unpaired) electrons. The number of hydrogen-bond acceptors (Lipinski definition) is 0. The lowest BCUT2D eigenvalue weighted by Crippen LogP contribution is -1.98. The van der Waals surface area contributed by atoms with Crippen molar-refractivity contribution in [1.29, 1.82) is 0 Å². The van der Waals surface area contributed by atoms with Crippen LogP contribution in [0.2, 0.25) is 0 Å². The largest absolute Gasteiger partial charge is 0.0991 e. The van der Waals surface area contributed by atoms with Gasteiger partial charge in [0.05, 0.1) is 0 Å². The van der Waals surface area contributed by atoms with Crippen LogP contribution in [-0.2, 0) is 6.42 Å². The van der Waals surface area contributed by atoms with Gasteiger partial charge in [-0.05, 0) is 206 Å². The van der Waals surface area contributed by atoms with Gasteiger partial charge in [0, 0.05) is 0 Å². The summed E-state index contributed by atoms with van der Waals surface area (Å²) < 4.78 is 0. The molecule has 0 atom stereocenters. The molecule has 13 rings (SSSR count). The Labute approximate surface area is 467 Å². The third-order valence-electron chi connectivity index (χ3n) is 15.8. The highest BCUT2D eigenvalue weighted by molar-refractivity contribution is 6.25. The van der Waals surface area contributed by atoms with Crippen molar-refractivity contribution >= 4 is 59.9 Å². The van der Waals surface area contributed by atoms with Crippen LogP contribution in [-0.4, -0.2) is 0 Å². The van der Waals surface area contributed by atoms with E-state index in [0.717, 1.165) is 12.8 Å². The molecule has 0 bridgehead atoms. The van der Waals surface area contributed by atoms with Gasteiger partial charge in [-0.15, -0.1) is 0 Å². The lowest BCUT2D eigenvalue weighted by atomic mass is 9.85. The molecule has 1 aliphatic rings. The molecule has 0 fully saturated rings. The van der Waals surface area contributed by atoms with E-state index in [9.17, 15) is 0 Å². The van der Waals surface area contributed by atoms with Crippen LogP contribution < -0.4 is 0 Å². The van der Waals surface area contributed by atoms with Crippen LogP contribution in [0.15, 0.2) is 280 Å². The first kappa shape index (κ1) is 51.7. The van der Waals surface area contributed by atoms with E-state index < -0.39 is 0 Å². The number of rotatable bonds is 9. The minimum atomic E-state index is 0.395. The summed E-state index contributed by atoms with van der Waals surface area (Å²) in [6, 6.07) is 84.1. The number of aryl methyl sites for hydroxylation is 1. The summed E-state index contributed by atoms with van der Waals surface area (Å²) in [5.74, 6) is 0.395. The van der Waals surface area contributed by atoms with Crippen LogP contribution in [0, 0.1) is 0 Å². The van der Waals surface area contributed by atoms with E-state index in [-0.39, 0.29) is 0 Å². The molecule has 12 aromatic carbocycles. The molecule has 0 aliphatic heterocycles. The summed E-state index contributed by atoms with van der Waals surface area (Å²) in [7, 11) is 0. The summed E-state index contributed by atoms with van der Waals surface area (Å²) in [6.45, 7) is 18.9. The number of allylic oxidation sites excluding steroid dienone is 6. The molecule has 0 nitrogen and oxygen atoms in total. The molecule has 0 amide bonds. The molecule has 0 aromatic heterocycles. The maximum Gasteiger partial charge on any atom is -0.00928 e. The van der Waals surface area contributed by atoms with Crippen molar-refractivity contribution in [2.75, 3.05) is 0 Å². The van der Waals surface area contributed by atoms with Gasteiger partial charge in [0.1, 0.15) is 0 Å². The van der Waals surface area contributed by atoms with Crippen LogP contribution in [0.3, 0.4) is 0 Å². The molecule has 12 aromatic rings. The molecule has 0 spiro atoms. The third-order valence-corrected chi connectivity index (χ3v) is 15.8. The van der Waals surface area contributed by atoms with Gasteiger partial charge >= 0.3 is 0 Å². The first-order valence-corrected chi connectivity index (χ1v) is 27.8. The molecule has 0 saturated heterocycles. The van der Waals surface area contributed by atoms with Gasteiger partial charge in [0.25, 0.3) is 0 Å². The lowest BCUT2D eigenvalue weighted by Gasteiger charge is -2.19. The van der Waals surface area contributed by atoms with Crippen molar-refractivity contribution in [2.45, 2.75) is 46.5 Å². The fourth-order valence-corrected chi connectivity index (χ4v) is 11.4. The summed E-state index contributed by atoms with van der Waals surface area (Å²) >= 11 is 0. The summed E-state index contributed by atoms with van der Waals surface area (Å²) in [5.41, 5.74) is 20.1. The monoisotopic (exact) mass is 1010 g/mol. The van der Waals surface area contributed by atoms with Crippen molar-refractivity contribution in [3.63, 3.8) is 0 Å². The standard InChI is InChI=1S/C69H50.C6H10.C4H6/c1-44(2)52-36-53(39-56(37-52)50-32-34-66-62-20-8-6-16-58(62)60-18-10-12-22-64(60)68(66)42-50)48-28-24-46(25-29-48)47-26-30-49(31-27-47)55-38-54(45-14-4-3-5-15-45)40-57(41-55)51-33-35-67-63-21-9-7-17-59(63)61-19-11-13-23-65(61)69(67)43-51;1-4-6(3)5-2;1-3-4-2/h3-6,8-16,18-44H,7,17H2,1-2H3;4-5H,1H2,2-3H3;3-4H,1-2H2/b;6-5-;. The first-order valence-electron chi connectivity index (χ1n) is 27.8. The van der Waals surface area contributed by atoms with E-state index in [0.29, 0.717) is 5.92 Å². The molecule has 79 heavy (non-hydrogen) atoms. The highest BCUT2D eigenvalue weighted by atomic mass is 14.2. The first-order chi connectivity index (χ1) is 38.7. The van der Waals surface area contributed by atoms with Crippen molar-refractivity contribution in [2.24, 2.45) is 0 Å². The quantitative estimate of drug-likeness (QED) is 0.0998. The maximum absolute atomic E-state index is 3.56. The molecule has 0 N–H and O–H groups in total. The van der Waals surface area contributed by atoms with Crippen molar-refractivity contribution in [1.82, 2.24) is 0 Å². The van der Waals surface area contributed by atoms with Crippen LogP contribution in [0.4, 0.5) is 0 Å². The predicted molar refractivity (Wildman–Crippen MR) is 348 cm³/mol. The topological polar surface area (TPSA) is 0 Å². The lowest BCUT2D eigenvalue weighted by molar-refractivity contribution is 0.867. The van der Waals surface area contributed by atoms with E-state index in [1.54, 1.807) is 12.2 Å². The SMILES string of the molecule is C=C/C(C)=C\C.C=CC=C.CC(C)c1cc(-c2ccc(-c3ccc(-c4cc(-c5ccccc5)cc(-c5ccc6c7c(c8ccccc8c6c5)CCC=C7)c4)cc3)cc2)cc(-c2ccc3c4ccccc4c4ccccc4c3c2)c1. The molecule has 0 saturated carbocycles. The van der Waals surface area contributed by atoms with Crippen LogP contribution in [0.25, 0.3) is 127 Å². The Bertz CT molecular complexity index is 4270. The summed E-state index contributed by atoms with van der Waals surface area (Å²) in [6.07, 6.45) is 14.0. The average Bonchev–Trinajstić information content (AvgIpc) is 3.67. The molecular weight excluding hydrogens is 949 g/mol. The van der Waals surface area contributed by atoms with Crippen LogP contribution in [0.1, 0.15) is 56.7 Å². The van der Waals surface area contributed by atoms with Crippen molar-refractivity contribution in [3.05, 3.63) is 297 Å². The fourth-order valence-electron chi connectivity index (χ4n) is 11.4. The predicted octanol–water partition coefficient (Wildman–Crippen LogP) is 23.0. The van der Waals surface area contributed by atoms with Gasteiger partial charge in [0.15, 0.2) is 0 Å². The summed E-state index contributed by atoms with van der Waals surface area (Å²) in [5, 5.41) is 13.2. The Kier molecular flexibility index (Phi) is 15.1. The summed E-state index contributed by atoms with van der Waals surface area (Å²) in [4.78, 5) is 0. The zero-order chi connectivity index (χ0) is 54.4. The van der Waals surface area contributed by atoms with Gasteiger partial charge in [-0.25, -0.2) is 0 Å². The Morgan fingerprint density at radius 2 is 0.722 bits per heavy atom. The van der Waals surface area contributed by atoms with Gasteiger partial charge < -0.3 is 0 Å². The van der Waals surface area contributed by atoms with Crippen molar-refractivity contribution in [3.8, 4) is 66.8 Å². The third kappa shape index (κ3) is 10.6. The zero-order valence-electron chi connectivity index (χ0n) is 45.9. The maximum atomic E-state index is 3.56. The minimum absolute atomic E-state index is 0.395. The van der Waals surface area contributed by atoms with E-state index in [1.807, 2.05) is 26.0 Å². The number of hydrogen-bond donors (Lipinski definition) is 0. The van der Waals surface area contributed by atoms with Gasteiger partial charge in [-0.2, -0.15) is 0 Å². The molecular formula is C79H66. The fraction of sp³-hybridized carbons (Fsp3) is 0.0886. The smallest absolute Gasteiger partial charge is 0.00928 e. The molecule has 0 heterocycles. The van der Waals surface area contributed by atoms with Crippen LogP contribution in [0.5, 0.6) is 0 Å².